The van der Waals surface area contributed by atoms with Gasteiger partial charge in [0.2, 0.25) is 17.7 Å². The van der Waals surface area contributed by atoms with Gasteiger partial charge in [0.25, 0.3) is 0 Å². The number of carbonyl (C=O) groups is 4. The fourth-order valence-electron chi connectivity index (χ4n) is 1.77. The van der Waals surface area contributed by atoms with Crippen LogP contribution in [0.15, 0.2) is 0 Å². The predicted octanol–water partition coefficient (Wildman–Crippen LogP) is -1.37. The molecular weight excluding hydrogens is 322 g/mol. The van der Waals surface area contributed by atoms with Gasteiger partial charge < -0.3 is 21.1 Å². The summed E-state index contributed by atoms with van der Waals surface area (Å²) in [5.74, 6) is -1.75. The van der Waals surface area contributed by atoms with Gasteiger partial charge in [-0.15, -0.1) is 0 Å². The van der Waals surface area contributed by atoms with Gasteiger partial charge in [0.1, 0.15) is 6.04 Å². The van der Waals surface area contributed by atoms with E-state index in [2.05, 4.69) is 28.6 Å². The van der Waals surface area contributed by atoms with E-state index in [1.54, 1.807) is 0 Å². The minimum atomic E-state index is -1.20. The lowest BCUT2D eigenvalue weighted by atomic mass is 10.0. The zero-order valence-corrected chi connectivity index (χ0v) is 14.5. The Morgan fingerprint density at radius 3 is 2.13 bits per heavy atom. The Balaban J connectivity index is 4.69. The number of hydrogen-bond acceptors (Lipinski definition) is 6. The van der Waals surface area contributed by atoms with Crippen molar-refractivity contribution in [2.24, 2.45) is 5.92 Å². The molecule has 0 saturated carbocycles. The van der Waals surface area contributed by atoms with E-state index in [0.29, 0.717) is 6.42 Å². The fraction of sp³-hybridized carbons (Fsp3) is 0.714. The molecule has 0 saturated heterocycles. The third-order valence-corrected chi connectivity index (χ3v) is 3.21. The van der Waals surface area contributed by atoms with E-state index in [4.69, 9.17) is 0 Å². The molecular formula is C14H25N3O5S. The number of amides is 3. The van der Waals surface area contributed by atoms with Crippen molar-refractivity contribution >= 4 is 36.1 Å². The summed E-state index contributed by atoms with van der Waals surface area (Å²) in [7, 11) is 0. The highest BCUT2D eigenvalue weighted by Gasteiger charge is 2.26. The van der Waals surface area contributed by atoms with Gasteiger partial charge in [-0.2, -0.15) is 12.6 Å². The maximum Gasteiger partial charge on any atom is 0.245 e. The topological polar surface area (TPSA) is 125 Å². The fourth-order valence-corrected chi connectivity index (χ4v) is 1.99. The Hall–Kier alpha value is -1.61. The molecule has 3 amide bonds. The van der Waals surface area contributed by atoms with Crippen molar-refractivity contribution < 1.29 is 24.3 Å². The van der Waals surface area contributed by atoms with Gasteiger partial charge >= 0.3 is 0 Å². The van der Waals surface area contributed by atoms with E-state index in [-0.39, 0.29) is 29.9 Å². The van der Waals surface area contributed by atoms with Gasteiger partial charge in [-0.1, -0.05) is 13.8 Å². The van der Waals surface area contributed by atoms with Crippen LogP contribution in [-0.2, 0) is 19.2 Å². The summed E-state index contributed by atoms with van der Waals surface area (Å²) in [6.45, 7) is 4.14. The SMILES string of the molecule is CC(=O)NCC(=O)N[C@@H](CO)C(=O)N[C@@H](CC(C)C)C(=O)CS. The number of ketones is 1. The molecule has 0 rings (SSSR count). The highest BCUT2D eigenvalue weighted by molar-refractivity contribution is 7.81. The molecule has 0 bridgehead atoms. The van der Waals surface area contributed by atoms with Crippen molar-refractivity contribution in [1.29, 1.82) is 0 Å². The monoisotopic (exact) mass is 347 g/mol. The molecule has 0 aliphatic carbocycles. The molecule has 0 fully saturated rings. The second-order valence-electron chi connectivity index (χ2n) is 5.53. The Bertz CT molecular complexity index is 442. The molecule has 0 aromatic carbocycles. The first-order valence-corrected chi connectivity index (χ1v) is 7.93. The molecule has 0 radical (unpaired) electrons. The van der Waals surface area contributed by atoms with Crippen LogP contribution in [0.5, 0.6) is 0 Å². The molecule has 9 heteroatoms. The molecule has 0 aliphatic rings. The van der Waals surface area contributed by atoms with Crippen LogP contribution in [0.4, 0.5) is 0 Å². The molecule has 2 atom stereocenters. The zero-order valence-electron chi connectivity index (χ0n) is 13.6. The standard InChI is InChI=1S/C14H25N3O5S/c1-8(2)4-10(12(20)7-23)17-14(22)11(6-18)16-13(21)5-15-9(3)19/h8,10-11,18,23H,4-7H2,1-3H3,(H,15,19)(H,16,21)(H,17,22)/t10-,11-/m0/s1. The van der Waals surface area contributed by atoms with Crippen molar-refractivity contribution in [2.75, 3.05) is 18.9 Å². The van der Waals surface area contributed by atoms with Crippen LogP contribution in [0.2, 0.25) is 0 Å². The third kappa shape index (κ3) is 9.19. The largest absolute Gasteiger partial charge is 0.394 e. The van der Waals surface area contributed by atoms with E-state index in [1.807, 2.05) is 13.8 Å². The molecule has 4 N–H and O–H groups in total. The number of aliphatic hydroxyl groups excluding tert-OH is 1. The summed E-state index contributed by atoms with van der Waals surface area (Å²) < 4.78 is 0. The van der Waals surface area contributed by atoms with Crippen molar-refractivity contribution in [1.82, 2.24) is 16.0 Å². The maximum absolute atomic E-state index is 12.1. The Kier molecular flexibility index (Phi) is 10.2. The van der Waals surface area contributed by atoms with Crippen LogP contribution in [0, 0.1) is 5.92 Å². The second kappa shape index (κ2) is 11.0. The normalized spacial score (nSPS) is 13.1. The minimum Gasteiger partial charge on any atom is -0.394 e. The summed E-state index contributed by atoms with van der Waals surface area (Å²) >= 11 is 3.92. The lowest BCUT2D eigenvalue weighted by Crippen LogP contribution is -2.54. The van der Waals surface area contributed by atoms with Crippen LogP contribution >= 0.6 is 12.6 Å². The van der Waals surface area contributed by atoms with Crippen molar-refractivity contribution in [2.45, 2.75) is 39.3 Å². The smallest absolute Gasteiger partial charge is 0.245 e. The molecule has 0 aromatic heterocycles. The zero-order chi connectivity index (χ0) is 18.0. The number of hydrogen-bond donors (Lipinski definition) is 5. The number of rotatable bonds is 10. The Labute approximate surface area is 141 Å². The van der Waals surface area contributed by atoms with Crippen molar-refractivity contribution in [3.8, 4) is 0 Å². The number of aliphatic hydroxyl groups is 1. The molecule has 132 valence electrons. The predicted molar refractivity (Wildman–Crippen MR) is 87.9 cm³/mol. The molecule has 0 aliphatic heterocycles. The Morgan fingerprint density at radius 1 is 1.09 bits per heavy atom. The molecule has 0 aromatic rings. The van der Waals surface area contributed by atoms with Crippen LogP contribution in [-0.4, -0.2) is 59.6 Å². The summed E-state index contributed by atoms with van der Waals surface area (Å²) in [5.41, 5.74) is 0. The van der Waals surface area contributed by atoms with Crippen molar-refractivity contribution in [3.05, 3.63) is 0 Å². The first-order valence-electron chi connectivity index (χ1n) is 7.29. The third-order valence-electron chi connectivity index (χ3n) is 2.90. The molecule has 0 spiro atoms. The van der Waals surface area contributed by atoms with Crippen LogP contribution in [0.1, 0.15) is 27.2 Å². The minimum absolute atomic E-state index is 0.0175. The van der Waals surface area contributed by atoms with E-state index >= 15 is 0 Å². The average Bonchev–Trinajstić information content (AvgIpc) is 2.48. The van der Waals surface area contributed by atoms with Gasteiger partial charge in [0, 0.05) is 6.92 Å². The van der Waals surface area contributed by atoms with Crippen LogP contribution in [0.25, 0.3) is 0 Å². The highest BCUT2D eigenvalue weighted by atomic mass is 32.1. The van der Waals surface area contributed by atoms with Gasteiger partial charge in [0.05, 0.1) is 24.9 Å². The quantitative estimate of drug-likeness (QED) is 0.312. The molecule has 0 unspecified atom stereocenters. The summed E-state index contributed by atoms with van der Waals surface area (Å²) in [4.78, 5) is 46.2. The van der Waals surface area contributed by atoms with Crippen LogP contribution < -0.4 is 16.0 Å². The molecule has 0 heterocycles. The van der Waals surface area contributed by atoms with E-state index in [1.165, 1.54) is 6.92 Å². The highest BCUT2D eigenvalue weighted by Crippen LogP contribution is 2.07. The number of carbonyl (C=O) groups excluding carboxylic acids is 4. The summed E-state index contributed by atoms with van der Waals surface area (Å²) in [6.07, 6.45) is 0.434. The molecule has 8 nitrogen and oxygen atoms in total. The summed E-state index contributed by atoms with van der Waals surface area (Å²) in [5, 5.41) is 16.3. The van der Waals surface area contributed by atoms with Crippen molar-refractivity contribution in [3.63, 3.8) is 0 Å². The number of thiol groups is 1. The second-order valence-corrected chi connectivity index (χ2v) is 5.84. The summed E-state index contributed by atoms with van der Waals surface area (Å²) in [6, 6.07) is -1.92. The lowest BCUT2D eigenvalue weighted by Gasteiger charge is -2.22. The Morgan fingerprint density at radius 2 is 1.70 bits per heavy atom. The molecule has 23 heavy (non-hydrogen) atoms. The first kappa shape index (κ1) is 21.4. The van der Waals surface area contributed by atoms with Crippen LogP contribution in [0.3, 0.4) is 0 Å². The van der Waals surface area contributed by atoms with Gasteiger partial charge in [-0.05, 0) is 12.3 Å². The van der Waals surface area contributed by atoms with E-state index < -0.39 is 30.5 Å². The first-order chi connectivity index (χ1) is 10.7. The van der Waals surface area contributed by atoms with Gasteiger partial charge in [-0.25, -0.2) is 0 Å². The lowest BCUT2D eigenvalue weighted by molar-refractivity contribution is -0.132. The van der Waals surface area contributed by atoms with Gasteiger partial charge in [-0.3, -0.25) is 19.2 Å². The number of nitrogens with one attached hydrogen (secondary N) is 3. The average molecular weight is 347 g/mol. The van der Waals surface area contributed by atoms with Gasteiger partial charge in [0.15, 0.2) is 5.78 Å². The number of Topliss-reactive ketones (excluding diaryl/α,β-unsaturated/α-hetero) is 1. The maximum atomic E-state index is 12.1. The van der Waals surface area contributed by atoms with E-state index in [9.17, 15) is 24.3 Å². The van der Waals surface area contributed by atoms with E-state index in [0.717, 1.165) is 0 Å².